The van der Waals surface area contributed by atoms with Crippen molar-refractivity contribution in [1.29, 1.82) is 0 Å². The first kappa shape index (κ1) is 13.8. The normalized spacial score (nSPS) is 14.0. The van der Waals surface area contributed by atoms with Crippen LogP contribution in [0.25, 0.3) is 0 Å². The molecule has 0 atom stereocenters. The largest absolute Gasteiger partial charge is 0.373 e. The molecular weight excluding hydrogens is 267 g/mol. The van der Waals surface area contributed by atoms with E-state index < -0.39 is 0 Å². The van der Waals surface area contributed by atoms with E-state index in [-0.39, 0.29) is 5.82 Å². The Morgan fingerprint density at radius 1 is 1.19 bits per heavy atom. The molecule has 1 heterocycles. The maximum Gasteiger partial charge on any atom is 0.136 e. The van der Waals surface area contributed by atoms with Crippen LogP contribution in [0.15, 0.2) is 30.3 Å². The fourth-order valence-corrected chi connectivity index (χ4v) is 2.24. The minimum Gasteiger partial charge on any atom is -0.373 e. The van der Waals surface area contributed by atoms with Crippen LogP contribution in [-0.2, 0) is 6.42 Å². The average Bonchev–Trinajstić information content (AvgIpc) is 3.32. The number of hydrogen-bond acceptors (Lipinski definition) is 4. The Hall–Kier alpha value is -2.17. The number of hydrogen-bond donors (Lipinski definition) is 2. The lowest BCUT2D eigenvalue weighted by Gasteiger charge is -2.09. The van der Waals surface area contributed by atoms with Gasteiger partial charge in [-0.3, -0.25) is 0 Å². The molecule has 1 aromatic carbocycles. The third-order valence-electron chi connectivity index (χ3n) is 3.55. The van der Waals surface area contributed by atoms with Crippen LogP contribution < -0.4 is 10.6 Å². The highest BCUT2D eigenvalue weighted by Crippen LogP contribution is 2.38. The fourth-order valence-electron chi connectivity index (χ4n) is 2.24. The summed E-state index contributed by atoms with van der Waals surface area (Å²) in [5.41, 5.74) is 0.979. The molecule has 0 spiro atoms. The van der Waals surface area contributed by atoms with Crippen molar-refractivity contribution in [2.24, 2.45) is 0 Å². The Balaban J connectivity index is 1.63. The zero-order valence-electron chi connectivity index (χ0n) is 12.1. The Labute approximate surface area is 123 Å². The molecule has 1 saturated carbocycles. The highest BCUT2D eigenvalue weighted by Gasteiger charge is 2.27. The Morgan fingerprint density at radius 2 is 2.00 bits per heavy atom. The molecule has 110 valence electrons. The maximum atomic E-state index is 13.1. The van der Waals surface area contributed by atoms with Gasteiger partial charge in [-0.15, -0.1) is 0 Å². The highest BCUT2D eigenvalue weighted by molar-refractivity contribution is 5.48. The maximum absolute atomic E-state index is 13.1. The van der Waals surface area contributed by atoms with Gasteiger partial charge < -0.3 is 10.6 Å². The van der Waals surface area contributed by atoms with Crippen molar-refractivity contribution in [3.8, 4) is 0 Å². The summed E-state index contributed by atoms with van der Waals surface area (Å²) < 4.78 is 13.1. The van der Waals surface area contributed by atoms with Gasteiger partial charge in [0, 0.05) is 25.6 Å². The number of nitrogens with zero attached hydrogens (tertiary/aromatic N) is 2. The molecule has 0 bridgehead atoms. The van der Waals surface area contributed by atoms with Crippen LogP contribution in [0.4, 0.5) is 16.0 Å². The molecule has 0 amide bonds. The predicted molar refractivity (Wildman–Crippen MR) is 82.1 cm³/mol. The molecule has 3 rings (SSSR count). The van der Waals surface area contributed by atoms with Crippen molar-refractivity contribution in [3.63, 3.8) is 0 Å². The Morgan fingerprint density at radius 3 is 2.71 bits per heavy atom. The summed E-state index contributed by atoms with van der Waals surface area (Å²) in [6, 6.07) is 8.59. The summed E-state index contributed by atoms with van der Waals surface area (Å²) >= 11 is 0. The van der Waals surface area contributed by atoms with Gasteiger partial charge in [-0.25, -0.2) is 14.4 Å². The van der Waals surface area contributed by atoms with Crippen molar-refractivity contribution in [2.45, 2.75) is 25.2 Å². The smallest absolute Gasteiger partial charge is 0.136 e. The Bertz CT molecular complexity index is 625. The zero-order valence-corrected chi connectivity index (χ0v) is 12.1. The van der Waals surface area contributed by atoms with Crippen LogP contribution in [-0.4, -0.2) is 23.6 Å². The van der Waals surface area contributed by atoms with Crippen molar-refractivity contribution in [1.82, 2.24) is 9.97 Å². The zero-order chi connectivity index (χ0) is 14.7. The van der Waals surface area contributed by atoms with Gasteiger partial charge in [-0.1, -0.05) is 12.1 Å². The van der Waals surface area contributed by atoms with Gasteiger partial charge in [0.05, 0.1) is 0 Å². The van der Waals surface area contributed by atoms with E-state index in [1.807, 2.05) is 19.2 Å². The monoisotopic (exact) mass is 286 g/mol. The van der Waals surface area contributed by atoms with E-state index in [1.54, 1.807) is 12.1 Å². The minimum absolute atomic E-state index is 0.192. The van der Waals surface area contributed by atoms with Gasteiger partial charge in [-0.2, -0.15) is 0 Å². The number of nitrogens with one attached hydrogen (secondary N) is 2. The number of aromatic nitrogens is 2. The topological polar surface area (TPSA) is 49.8 Å². The second kappa shape index (κ2) is 6.08. The fraction of sp³-hybridized carbons (Fsp3) is 0.375. The van der Waals surface area contributed by atoms with Crippen LogP contribution in [0.5, 0.6) is 0 Å². The van der Waals surface area contributed by atoms with Crippen molar-refractivity contribution >= 4 is 11.6 Å². The summed E-state index contributed by atoms with van der Waals surface area (Å²) in [5.74, 6) is 2.90. The molecule has 1 aromatic heterocycles. The SMILES string of the molecule is CNc1cc(NCCc2cccc(F)c2)nc(C2CC2)n1. The average molecular weight is 286 g/mol. The summed E-state index contributed by atoms with van der Waals surface area (Å²) in [7, 11) is 1.86. The van der Waals surface area contributed by atoms with Gasteiger partial charge in [0.15, 0.2) is 0 Å². The second-order valence-corrected chi connectivity index (χ2v) is 5.33. The van der Waals surface area contributed by atoms with E-state index in [2.05, 4.69) is 20.6 Å². The molecule has 4 nitrogen and oxygen atoms in total. The molecular formula is C16H19FN4. The Kier molecular flexibility index (Phi) is 3.99. The molecule has 2 aromatic rings. The van der Waals surface area contributed by atoms with Crippen LogP contribution in [0.3, 0.4) is 0 Å². The first-order valence-electron chi connectivity index (χ1n) is 7.29. The van der Waals surface area contributed by atoms with E-state index in [4.69, 9.17) is 0 Å². The number of anilines is 2. The third kappa shape index (κ3) is 3.68. The van der Waals surface area contributed by atoms with Crippen molar-refractivity contribution in [2.75, 3.05) is 24.2 Å². The van der Waals surface area contributed by atoms with Gasteiger partial charge in [0.25, 0.3) is 0 Å². The first-order valence-corrected chi connectivity index (χ1v) is 7.29. The van der Waals surface area contributed by atoms with E-state index in [0.29, 0.717) is 12.5 Å². The quantitative estimate of drug-likeness (QED) is 0.856. The molecule has 5 heteroatoms. The lowest BCUT2D eigenvalue weighted by atomic mass is 10.1. The molecule has 0 aliphatic heterocycles. The van der Waals surface area contributed by atoms with E-state index >= 15 is 0 Å². The number of benzene rings is 1. The lowest BCUT2D eigenvalue weighted by Crippen LogP contribution is -2.09. The van der Waals surface area contributed by atoms with E-state index in [0.717, 1.165) is 29.4 Å². The van der Waals surface area contributed by atoms with Crippen molar-refractivity contribution in [3.05, 3.63) is 47.5 Å². The van der Waals surface area contributed by atoms with Crippen LogP contribution in [0.2, 0.25) is 0 Å². The van der Waals surface area contributed by atoms with Crippen molar-refractivity contribution < 1.29 is 4.39 Å². The summed E-state index contributed by atoms with van der Waals surface area (Å²) in [6.07, 6.45) is 3.11. The summed E-state index contributed by atoms with van der Waals surface area (Å²) in [4.78, 5) is 9.04. The van der Waals surface area contributed by atoms with Crippen LogP contribution in [0, 0.1) is 5.82 Å². The van der Waals surface area contributed by atoms with Crippen LogP contribution >= 0.6 is 0 Å². The van der Waals surface area contributed by atoms with Gasteiger partial charge >= 0.3 is 0 Å². The lowest BCUT2D eigenvalue weighted by molar-refractivity contribution is 0.625. The molecule has 0 saturated heterocycles. The van der Waals surface area contributed by atoms with E-state index in [9.17, 15) is 4.39 Å². The second-order valence-electron chi connectivity index (χ2n) is 5.33. The minimum atomic E-state index is -0.192. The molecule has 0 unspecified atom stereocenters. The van der Waals surface area contributed by atoms with Gasteiger partial charge in [0.2, 0.25) is 0 Å². The molecule has 1 fully saturated rings. The summed E-state index contributed by atoms with van der Waals surface area (Å²) in [6.45, 7) is 0.716. The predicted octanol–water partition coefficient (Wildman–Crippen LogP) is 3.19. The standard InChI is InChI=1S/C16H19FN4/c1-18-14-10-15(21-16(20-14)12-5-6-12)19-8-7-11-3-2-4-13(17)9-11/h2-4,9-10,12H,5-8H2,1H3,(H2,18,19,20,21). The first-order chi connectivity index (χ1) is 10.2. The molecule has 21 heavy (non-hydrogen) atoms. The molecule has 1 aliphatic rings. The molecule has 0 radical (unpaired) electrons. The molecule has 1 aliphatic carbocycles. The number of halogens is 1. The van der Waals surface area contributed by atoms with Gasteiger partial charge in [0.1, 0.15) is 23.3 Å². The summed E-state index contributed by atoms with van der Waals surface area (Å²) in [5, 5.41) is 6.36. The van der Waals surface area contributed by atoms with E-state index in [1.165, 1.54) is 18.9 Å². The number of rotatable bonds is 6. The third-order valence-corrected chi connectivity index (χ3v) is 3.55. The van der Waals surface area contributed by atoms with Crippen LogP contribution in [0.1, 0.15) is 30.1 Å². The molecule has 2 N–H and O–H groups in total. The highest BCUT2D eigenvalue weighted by atomic mass is 19.1. The van der Waals surface area contributed by atoms with Gasteiger partial charge in [-0.05, 0) is 37.0 Å².